The number of unbranched alkanes of at least 4 members (excludes halogenated alkanes) is 10. The zero-order valence-corrected chi connectivity index (χ0v) is 18.1. The van der Waals surface area contributed by atoms with Gasteiger partial charge in [-0.1, -0.05) is 78.1 Å². The Balaban J connectivity index is 3.98. The lowest BCUT2D eigenvalue weighted by molar-refractivity contribution is -0.140. The summed E-state index contributed by atoms with van der Waals surface area (Å²) in [5, 5.41) is 12.9. The number of rotatable bonds is 18. The maximum atomic E-state index is 11.7. The molecule has 25 heavy (non-hydrogen) atoms. The summed E-state index contributed by atoms with van der Waals surface area (Å²) in [4.78, 5) is 11.7. The lowest BCUT2D eigenvalue weighted by Crippen LogP contribution is -2.50. The number of carboxylic acids is 1. The van der Waals surface area contributed by atoms with Crippen molar-refractivity contribution in [2.75, 3.05) is 12.3 Å². The van der Waals surface area contributed by atoms with Gasteiger partial charge in [-0.3, -0.25) is 4.79 Å². The predicted octanol–water partition coefficient (Wildman–Crippen LogP) is 6.26. The average Bonchev–Trinajstić information content (AvgIpc) is 2.56. The highest BCUT2D eigenvalue weighted by Gasteiger charge is 2.34. The van der Waals surface area contributed by atoms with E-state index in [0.29, 0.717) is 0 Å². The first kappa shape index (κ1) is 24.8. The van der Waals surface area contributed by atoms with E-state index in [0.717, 1.165) is 18.7 Å². The minimum Gasteiger partial charge on any atom is -0.480 e. The first-order valence-corrected chi connectivity index (χ1v) is 11.5. The molecule has 150 valence electrons. The fourth-order valence-corrected chi connectivity index (χ4v) is 4.31. The van der Waals surface area contributed by atoms with Crippen LogP contribution in [0.1, 0.15) is 105 Å². The third kappa shape index (κ3) is 13.6. The Bertz CT molecular complexity index is 321. The number of carbonyl (C=O) groups is 1. The molecule has 0 saturated carbocycles. The highest BCUT2D eigenvalue weighted by molar-refractivity contribution is 8.00. The van der Waals surface area contributed by atoms with Crippen LogP contribution in [0.5, 0.6) is 0 Å². The zero-order valence-electron chi connectivity index (χ0n) is 17.2. The summed E-state index contributed by atoms with van der Waals surface area (Å²) in [7, 11) is 0. The van der Waals surface area contributed by atoms with Crippen LogP contribution in [-0.2, 0) is 4.79 Å². The van der Waals surface area contributed by atoms with Crippen LogP contribution in [0.15, 0.2) is 0 Å². The fraction of sp³-hybridized carbons (Fsp3) is 0.952. The van der Waals surface area contributed by atoms with Gasteiger partial charge in [0.25, 0.3) is 0 Å². The Morgan fingerprint density at radius 1 is 0.880 bits per heavy atom. The summed E-state index contributed by atoms with van der Waals surface area (Å²) in [5.74, 6) is 0.341. The Kier molecular flexibility index (Phi) is 15.8. The predicted molar refractivity (Wildman–Crippen MR) is 113 cm³/mol. The number of nitrogens with one attached hydrogen (secondary N) is 1. The van der Waals surface area contributed by atoms with E-state index < -0.39 is 12.0 Å². The van der Waals surface area contributed by atoms with Crippen LogP contribution in [0.2, 0.25) is 0 Å². The standard InChI is InChI=1S/C21H43NO2S/c1-5-7-9-11-13-15-17-22-19(20(23)24)21(3,4)25-18-16-14-12-10-8-6-2/h19,22H,5-18H2,1-4H3,(H,23,24)/t19-/m0/s1. The van der Waals surface area contributed by atoms with Gasteiger partial charge in [0.15, 0.2) is 0 Å². The molecule has 0 unspecified atom stereocenters. The minimum absolute atomic E-state index is 0.266. The van der Waals surface area contributed by atoms with E-state index in [1.54, 1.807) is 0 Å². The van der Waals surface area contributed by atoms with E-state index in [2.05, 4.69) is 33.0 Å². The summed E-state index contributed by atoms with van der Waals surface area (Å²) in [6, 6.07) is -0.465. The van der Waals surface area contributed by atoms with Crippen molar-refractivity contribution < 1.29 is 9.90 Å². The second-order valence-electron chi connectivity index (χ2n) is 7.71. The van der Waals surface area contributed by atoms with Gasteiger partial charge in [-0.05, 0) is 39.0 Å². The summed E-state index contributed by atoms with van der Waals surface area (Å²) in [6.07, 6.45) is 15.2. The molecule has 0 amide bonds. The first-order valence-electron chi connectivity index (χ1n) is 10.6. The Morgan fingerprint density at radius 2 is 1.36 bits per heavy atom. The van der Waals surface area contributed by atoms with E-state index in [4.69, 9.17) is 0 Å². The molecule has 0 spiro atoms. The average molecular weight is 374 g/mol. The SMILES string of the molecule is CCCCCCCCN[C@@H](C(=O)O)C(C)(C)SCCCCCCCC. The molecule has 0 aliphatic carbocycles. The molecule has 0 heterocycles. The van der Waals surface area contributed by atoms with Crippen LogP contribution < -0.4 is 5.32 Å². The number of hydrogen-bond acceptors (Lipinski definition) is 3. The first-order chi connectivity index (χ1) is 12.0. The van der Waals surface area contributed by atoms with Gasteiger partial charge in [0.2, 0.25) is 0 Å². The Labute approximate surface area is 161 Å². The summed E-state index contributed by atoms with van der Waals surface area (Å²) >= 11 is 1.81. The molecular weight excluding hydrogens is 330 g/mol. The lowest BCUT2D eigenvalue weighted by atomic mass is 10.0. The molecule has 0 saturated heterocycles. The molecule has 0 bridgehead atoms. The molecule has 1 atom stereocenters. The largest absolute Gasteiger partial charge is 0.480 e. The summed E-state index contributed by atoms with van der Waals surface area (Å²) in [6.45, 7) is 9.42. The van der Waals surface area contributed by atoms with E-state index >= 15 is 0 Å². The molecule has 0 rings (SSSR count). The van der Waals surface area contributed by atoms with Crippen LogP contribution in [0.3, 0.4) is 0 Å². The normalized spacial score (nSPS) is 13.1. The highest BCUT2D eigenvalue weighted by atomic mass is 32.2. The van der Waals surface area contributed by atoms with E-state index in [9.17, 15) is 9.90 Å². The van der Waals surface area contributed by atoms with Crippen molar-refractivity contribution >= 4 is 17.7 Å². The third-order valence-corrected chi connectivity index (χ3v) is 6.27. The van der Waals surface area contributed by atoms with Crippen LogP contribution >= 0.6 is 11.8 Å². The van der Waals surface area contributed by atoms with Crippen molar-refractivity contribution in [2.45, 2.75) is 116 Å². The maximum absolute atomic E-state index is 11.7. The van der Waals surface area contributed by atoms with E-state index in [1.807, 2.05) is 11.8 Å². The van der Waals surface area contributed by atoms with Crippen molar-refractivity contribution in [2.24, 2.45) is 0 Å². The molecule has 0 aliphatic rings. The van der Waals surface area contributed by atoms with Gasteiger partial charge in [0.1, 0.15) is 6.04 Å². The van der Waals surface area contributed by atoms with Gasteiger partial charge in [0, 0.05) is 4.75 Å². The van der Waals surface area contributed by atoms with Gasteiger partial charge in [-0.15, -0.1) is 0 Å². The lowest BCUT2D eigenvalue weighted by Gasteiger charge is -2.31. The molecule has 0 aliphatic heterocycles. The fourth-order valence-electron chi connectivity index (χ4n) is 3.08. The highest BCUT2D eigenvalue weighted by Crippen LogP contribution is 2.29. The third-order valence-electron chi connectivity index (χ3n) is 4.79. The van der Waals surface area contributed by atoms with Crippen molar-refractivity contribution in [3.63, 3.8) is 0 Å². The molecular formula is C21H43NO2S. The van der Waals surface area contributed by atoms with Gasteiger partial charge in [-0.25, -0.2) is 0 Å². The minimum atomic E-state index is -0.716. The molecule has 2 N–H and O–H groups in total. The van der Waals surface area contributed by atoms with E-state index in [-0.39, 0.29) is 4.75 Å². The van der Waals surface area contributed by atoms with Crippen LogP contribution in [0.25, 0.3) is 0 Å². The van der Waals surface area contributed by atoms with Crippen molar-refractivity contribution in [1.82, 2.24) is 5.32 Å². The number of carboxylic acid groups (broad SMARTS) is 1. The molecule has 4 heteroatoms. The second-order valence-corrected chi connectivity index (χ2v) is 9.46. The van der Waals surface area contributed by atoms with Gasteiger partial charge < -0.3 is 10.4 Å². The summed E-state index contributed by atoms with van der Waals surface area (Å²) < 4.78 is -0.266. The van der Waals surface area contributed by atoms with Crippen LogP contribution in [0, 0.1) is 0 Å². The number of hydrogen-bond donors (Lipinski definition) is 2. The van der Waals surface area contributed by atoms with Crippen molar-refractivity contribution in [3.05, 3.63) is 0 Å². The second kappa shape index (κ2) is 16.0. The maximum Gasteiger partial charge on any atom is 0.322 e. The zero-order chi connectivity index (χ0) is 19.0. The molecule has 0 fully saturated rings. The molecule has 3 nitrogen and oxygen atoms in total. The van der Waals surface area contributed by atoms with Crippen molar-refractivity contribution in [1.29, 1.82) is 0 Å². The Hall–Kier alpha value is -0.220. The Morgan fingerprint density at radius 3 is 1.88 bits per heavy atom. The van der Waals surface area contributed by atoms with Gasteiger partial charge in [0.05, 0.1) is 0 Å². The molecule has 0 aromatic carbocycles. The topological polar surface area (TPSA) is 49.3 Å². The van der Waals surface area contributed by atoms with Crippen LogP contribution in [0.4, 0.5) is 0 Å². The van der Waals surface area contributed by atoms with Crippen molar-refractivity contribution in [3.8, 4) is 0 Å². The monoisotopic (exact) mass is 373 g/mol. The van der Waals surface area contributed by atoms with E-state index in [1.165, 1.54) is 70.6 Å². The number of thioether (sulfide) groups is 1. The smallest absolute Gasteiger partial charge is 0.322 e. The van der Waals surface area contributed by atoms with Crippen LogP contribution in [-0.4, -0.2) is 34.2 Å². The van der Waals surface area contributed by atoms with Gasteiger partial charge in [-0.2, -0.15) is 11.8 Å². The number of aliphatic carboxylic acids is 1. The molecule has 0 aromatic heterocycles. The quantitative estimate of drug-likeness (QED) is 0.278. The molecule has 0 aromatic rings. The summed E-state index contributed by atoms with van der Waals surface area (Å²) in [5.41, 5.74) is 0. The van der Waals surface area contributed by atoms with Gasteiger partial charge >= 0.3 is 5.97 Å². The molecule has 0 radical (unpaired) electrons.